The van der Waals surface area contributed by atoms with Crippen molar-refractivity contribution in [1.29, 1.82) is 0 Å². The lowest BCUT2D eigenvalue weighted by atomic mass is 9.90. The average Bonchev–Trinajstić information content (AvgIpc) is 3.34. The zero-order valence-electron chi connectivity index (χ0n) is 13.1. The number of aliphatic hydroxyl groups excluding tert-OH is 1. The molecule has 1 unspecified atom stereocenters. The van der Waals surface area contributed by atoms with Crippen molar-refractivity contribution < 1.29 is 5.11 Å². The zero-order chi connectivity index (χ0) is 14.0. The Bertz CT molecular complexity index is 304. The third-order valence-corrected chi connectivity index (χ3v) is 5.96. The molecular formula is C17H32N2O. The summed E-state index contributed by atoms with van der Waals surface area (Å²) in [5.41, 5.74) is -0.0162. The number of rotatable bonds is 5. The highest BCUT2D eigenvalue weighted by Crippen LogP contribution is 2.40. The van der Waals surface area contributed by atoms with Crippen LogP contribution in [-0.4, -0.2) is 47.3 Å². The molecule has 20 heavy (non-hydrogen) atoms. The Kier molecular flexibility index (Phi) is 4.68. The fraction of sp³-hybridized carbons (Fsp3) is 1.00. The van der Waals surface area contributed by atoms with Crippen LogP contribution in [0.2, 0.25) is 0 Å². The van der Waals surface area contributed by atoms with E-state index in [4.69, 9.17) is 0 Å². The molecule has 0 aromatic heterocycles. The number of likely N-dealkylation sites (tertiary alicyclic amines) is 1. The second kappa shape index (κ2) is 6.33. The molecule has 2 aliphatic carbocycles. The predicted octanol–water partition coefficient (Wildman–Crippen LogP) is 2.53. The van der Waals surface area contributed by atoms with E-state index in [1.807, 2.05) is 0 Å². The van der Waals surface area contributed by atoms with Gasteiger partial charge in [-0.15, -0.1) is 0 Å². The van der Waals surface area contributed by atoms with Gasteiger partial charge in [-0.05, 0) is 64.5 Å². The van der Waals surface area contributed by atoms with Crippen LogP contribution < -0.4 is 5.32 Å². The van der Waals surface area contributed by atoms with Crippen molar-refractivity contribution in [2.24, 2.45) is 5.92 Å². The predicted molar refractivity (Wildman–Crippen MR) is 82.8 cm³/mol. The minimum absolute atomic E-state index is 0.0162. The van der Waals surface area contributed by atoms with Crippen molar-refractivity contribution in [3.05, 3.63) is 0 Å². The molecule has 3 aliphatic rings. The third kappa shape index (κ3) is 3.37. The highest BCUT2D eigenvalue weighted by Gasteiger charge is 2.42. The van der Waals surface area contributed by atoms with Gasteiger partial charge in [-0.3, -0.25) is 0 Å². The molecule has 2 N–H and O–H groups in total. The summed E-state index contributed by atoms with van der Waals surface area (Å²) in [6.45, 7) is 5.03. The van der Waals surface area contributed by atoms with E-state index in [1.165, 1.54) is 70.9 Å². The van der Waals surface area contributed by atoms with Crippen LogP contribution in [0.5, 0.6) is 0 Å². The Hall–Kier alpha value is -0.120. The highest BCUT2D eigenvalue weighted by molar-refractivity contribution is 5.00. The van der Waals surface area contributed by atoms with E-state index in [0.29, 0.717) is 18.6 Å². The summed E-state index contributed by atoms with van der Waals surface area (Å²) >= 11 is 0. The molecule has 116 valence electrons. The number of piperidine rings is 1. The van der Waals surface area contributed by atoms with Crippen molar-refractivity contribution in [2.45, 2.75) is 82.3 Å². The minimum Gasteiger partial charge on any atom is -0.394 e. The fourth-order valence-corrected chi connectivity index (χ4v) is 4.33. The summed E-state index contributed by atoms with van der Waals surface area (Å²) in [6.07, 6.45) is 12.3. The monoisotopic (exact) mass is 280 g/mol. The van der Waals surface area contributed by atoms with Gasteiger partial charge in [-0.1, -0.05) is 19.3 Å². The van der Waals surface area contributed by atoms with Crippen LogP contribution in [0, 0.1) is 5.92 Å². The lowest BCUT2D eigenvalue weighted by Gasteiger charge is -2.42. The Labute approximate surface area is 124 Å². The summed E-state index contributed by atoms with van der Waals surface area (Å²) in [4.78, 5) is 2.74. The number of aliphatic hydroxyl groups is 1. The number of nitrogens with zero attached hydrogens (tertiary/aromatic N) is 1. The van der Waals surface area contributed by atoms with E-state index in [-0.39, 0.29) is 5.54 Å². The van der Waals surface area contributed by atoms with Crippen LogP contribution in [0.3, 0.4) is 0 Å². The summed E-state index contributed by atoms with van der Waals surface area (Å²) in [5.74, 6) is 0.712. The standard InChI is InChI=1S/C17H32N2O/c1-17(13-20,14-7-8-14)18-15-9-11-19(12-10-15)16-5-3-2-4-6-16/h14-16,18,20H,2-13H2,1H3. The molecule has 1 atom stereocenters. The Balaban J connectivity index is 1.45. The van der Waals surface area contributed by atoms with Crippen LogP contribution >= 0.6 is 0 Å². The van der Waals surface area contributed by atoms with Crippen LogP contribution in [0.1, 0.15) is 64.7 Å². The molecule has 1 heterocycles. The van der Waals surface area contributed by atoms with Crippen LogP contribution in [0.15, 0.2) is 0 Å². The van der Waals surface area contributed by atoms with Gasteiger partial charge in [0.2, 0.25) is 0 Å². The van der Waals surface area contributed by atoms with Crippen molar-refractivity contribution in [3.63, 3.8) is 0 Å². The van der Waals surface area contributed by atoms with Gasteiger partial charge in [0, 0.05) is 17.6 Å². The van der Waals surface area contributed by atoms with Gasteiger partial charge < -0.3 is 15.3 Å². The molecule has 0 amide bonds. The molecule has 3 fully saturated rings. The number of nitrogens with one attached hydrogen (secondary N) is 1. The van der Waals surface area contributed by atoms with Crippen molar-refractivity contribution in [1.82, 2.24) is 10.2 Å². The molecule has 0 spiro atoms. The Morgan fingerprint density at radius 2 is 1.65 bits per heavy atom. The second-order valence-electron chi connectivity index (χ2n) is 7.60. The zero-order valence-corrected chi connectivity index (χ0v) is 13.1. The SMILES string of the molecule is CC(CO)(NC1CCN(C2CCCCC2)CC1)C1CC1. The maximum absolute atomic E-state index is 9.71. The molecule has 3 nitrogen and oxygen atoms in total. The Morgan fingerprint density at radius 1 is 1.00 bits per heavy atom. The molecule has 1 saturated heterocycles. The first-order valence-electron chi connectivity index (χ1n) is 8.84. The van der Waals surface area contributed by atoms with Gasteiger partial charge in [-0.2, -0.15) is 0 Å². The molecule has 3 rings (SSSR count). The van der Waals surface area contributed by atoms with E-state index < -0.39 is 0 Å². The van der Waals surface area contributed by atoms with Gasteiger partial charge >= 0.3 is 0 Å². The first-order chi connectivity index (χ1) is 9.71. The third-order valence-electron chi connectivity index (χ3n) is 5.96. The molecular weight excluding hydrogens is 248 g/mol. The van der Waals surface area contributed by atoms with Crippen molar-refractivity contribution in [2.75, 3.05) is 19.7 Å². The first-order valence-corrected chi connectivity index (χ1v) is 8.84. The van der Waals surface area contributed by atoms with Gasteiger partial charge in [0.1, 0.15) is 0 Å². The lowest BCUT2D eigenvalue weighted by Crippen LogP contribution is -2.56. The van der Waals surface area contributed by atoms with E-state index in [0.717, 1.165) is 6.04 Å². The number of hydrogen-bond acceptors (Lipinski definition) is 3. The molecule has 1 aliphatic heterocycles. The van der Waals surface area contributed by atoms with E-state index in [1.54, 1.807) is 0 Å². The van der Waals surface area contributed by atoms with Gasteiger partial charge in [0.25, 0.3) is 0 Å². The molecule has 0 aromatic rings. The number of hydrogen-bond donors (Lipinski definition) is 2. The minimum atomic E-state index is -0.0162. The van der Waals surface area contributed by atoms with E-state index in [2.05, 4.69) is 17.1 Å². The normalized spacial score (nSPS) is 30.3. The Morgan fingerprint density at radius 3 is 2.20 bits per heavy atom. The molecule has 0 bridgehead atoms. The second-order valence-corrected chi connectivity index (χ2v) is 7.60. The van der Waals surface area contributed by atoms with Gasteiger partial charge in [-0.25, -0.2) is 0 Å². The van der Waals surface area contributed by atoms with Crippen molar-refractivity contribution in [3.8, 4) is 0 Å². The molecule has 0 aromatic carbocycles. The summed E-state index contributed by atoms with van der Waals surface area (Å²) in [5, 5.41) is 13.5. The summed E-state index contributed by atoms with van der Waals surface area (Å²) in [7, 11) is 0. The largest absolute Gasteiger partial charge is 0.394 e. The summed E-state index contributed by atoms with van der Waals surface area (Å²) in [6, 6.07) is 1.49. The van der Waals surface area contributed by atoms with E-state index >= 15 is 0 Å². The molecule has 0 radical (unpaired) electrons. The quantitative estimate of drug-likeness (QED) is 0.812. The maximum atomic E-state index is 9.71. The maximum Gasteiger partial charge on any atom is 0.0613 e. The van der Waals surface area contributed by atoms with Gasteiger partial charge in [0.15, 0.2) is 0 Å². The van der Waals surface area contributed by atoms with E-state index in [9.17, 15) is 5.11 Å². The molecule has 2 saturated carbocycles. The lowest BCUT2D eigenvalue weighted by molar-refractivity contribution is 0.0873. The molecule has 3 heteroatoms. The van der Waals surface area contributed by atoms with Crippen LogP contribution in [-0.2, 0) is 0 Å². The highest BCUT2D eigenvalue weighted by atomic mass is 16.3. The van der Waals surface area contributed by atoms with Crippen LogP contribution in [0.25, 0.3) is 0 Å². The first kappa shape index (κ1) is 14.8. The summed E-state index contributed by atoms with van der Waals surface area (Å²) < 4.78 is 0. The topological polar surface area (TPSA) is 35.5 Å². The average molecular weight is 280 g/mol. The van der Waals surface area contributed by atoms with Crippen LogP contribution in [0.4, 0.5) is 0 Å². The smallest absolute Gasteiger partial charge is 0.0613 e. The van der Waals surface area contributed by atoms with Crippen molar-refractivity contribution >= 4 is 0 Å². The fourth-order valence-electron chi connectivity index (χ4n) is 4.33. The van der Waals surface area contributed by atoms with Gasteiger partial charge in [0.05, 0.1) is 6.61 Å².